The number of aliphatic hydroxyl groups is 1. The fourth-order valence-electron chi connectivity index (χ4n) is 3.39. The van der Waals surface area contributed by atoms with Crippen LogP contribution in [0.3, 0.4) is 0 Å². The summed E-state index contributed by atoms with van der Waals surface area (Å²) in [5.41, 5.74) is 2.14. The molecular formula is C19H15NO4. The number of aliphatic hydroxyl groups excluding tert-OH is 1. The Balaban J connectivity index is 1.77. The van der Waals surface area contributed by atoms with Crippen molar-refractivity contribution in [2.24, 2.45) is 0 Å². The molecule has 120 valence electrons. The van der Waals surface area contributed by atoms with Gasteiger partial charge in [-0.1, -0.05) is 36.4 Å². The predicted octanol–water partition coefficient (Wildman–Crippen LogP) is 2.42. The largest absolute Gasteiger partial charge is 0.496 e. The van der Waals surface area contributed by atoms with Gasteiger partial charge in [0, 0.05) is 5.56 Å². The van der Waals surface area contributed by atoms with Crippen molar-refractivity contribution in [2.45, 2.75) is 12.1 Å². The summed E-state index contributed by atoms with van der Waals surface area (Å²) in [6, 6.07) is 11.4. The lowest BCUT2D eigenvalue weighted by Gasteiger charge is -2.32. The molecular weight excluding hydrogens is 306 g/mol. The molecule has 4 rings (SSSR count). The molecule has 1 heterocycles. The maximum absolute atomic E-state index is 12.6. The number of imide groups is 1. The van der Waals surface area contributed by atoms with E-state index in [1.54, 1.807) is 42.5 Å². The zero-order chi connectivity index (χ0) is 16.8. The van der Waals surface area contributed by atoms with E-state index < -0.39 is 12.1 Å². The number of carbonyl (C=O) groups is 2. The Bertz CT molecular complexity index is 852. The Morgan fingerprint density at radius 3 is 2.29 bits per heavy atom. The van der Waals surface area contributed by atoms with Crippen LogP contribution >= 0.6 is 0 Å². The Hall–Kier alpha value is -2.92. The molecule has 1 aliphatic heterocycles. The zero-order valence-electron chi connectivity index (χ0n) is 13.0. The van der Waals surface area contributed by atoms with E-state index in [-0.39, 0.29) is 11.8 Å². The number of carbonyl (C=O) groups excluding carboxylic acids is 2. The minimum Gasteiger partial charge on any atom is -0.496 e. The number of amides is 2. The van der Waals surface area contributed by atoms with Gasteiger partial charge in [0.05, 0.1) is 24.3 Å². The number of benzene rings is 2. The van der Waals surface area contributed by atoms with Crippen LogP contribution in [-0.4, -0.2) is 35.0 Å². The first-order valence-corrected chi connectivity index (χ1v) is 7.63. The molecule has 0 saturated carbocycles. The van der Waals surface area contributed by atoms with Gasteiger partial charge in [-0.05, 0) is 23.8 Å². The van der Waals surface area contributed by atoms with Crippen molar-refractivity contribution in [3.63, 3.8) is 0 Å². The van der Waals surface area contributed by atoms with Crippen molar-refractivity contribution in [1.29, 1.82) is 0 Å². The molecule has 5 nitrogen and oxygen atoms in total. The van der Waals surface area contributed by atoms with Crippen LogP contribution in [0.5, 0.6) is 5.75 Å². The summed E-state index contributed by atoms with van der Waals surface area (Å²) in [7, 11) is 1.53. The number of rotatable bonds is 2. The van der Waals surface area contributed by atoms with Gasteiger partial charge in [0.25, 0.3) is 11.8 Å². The second-order valence-electron chi connectivity index (χ2n) is 5.78. The minimum atomic E-state index is -1.04. The van der Waals surface area contributed by atoms with Crippen LogP contribution in [0.1, 0.15) is 37.9 Å². The first-order valence-electron chi connectivity index (χ1n) is 7.63. The summed E-state index contributed by atoms with van der Waals surface area (Å²) in [4.78, 5) is 26.4. The van der Waals surface area contributed by atoms with Gasteiger partial charge in [-0.15, -0.1) is 0 Å². The van der Waals surface area contributed by atoms with Gasteiger partial charge in [0.1, 0.15) is 11.9 Å². The standard InChI is InChI=1S/C19H15NO4/c1-24-15-8-4-5-11-9-10-14(17(21)16(11)15)20-18(22)12-6-2-3-7-13(12)19(20)23/h2-10,14,17,21H,1H3/t14-,17+/m0/s1. The highest BCUT2D eigenvalue weighted by atomic mass is 16.5. The highest BCUT2D eigenvalue weighted by Gasteiger charge is 2.43. The average molecular weight is 321 g/mol. The van der Waals surface area contributed by atoms with Crippen molar-refractivity contribution in [3.05, 3.63) is 70.8 Å². The lowest BCUT2D eigenvalue weighted by molar-refractivity contribution is 0.0421. The second-order valence-corrected chi connectivity index (χ2v) is 5.78. The fraction of sp³-hybridized carbons (Fsp3) is 0.158. The van der Waals surface area contributed by atoms with Crippen molar-refractivity contribution >= 4 is 17.9 Å². The summed E-state index contributed by atoms with van der Waals surface area (Å²) >= 11 is 0. The maximum atomic E-state index is 12.6. The Kier molecular flexibility index (Phi) is 3.25. The lowest BCUT2D eigenvalue weighted by Crippen LogP contribution is -2.43. The van der Waals surface area contributed by atoms with Gasteiger partial charge in [-0.25, -0.2) is 0 Å². The van der Waals surface area contributed by atoms with Gasteiger partial charge in [-0.3, -0.25) is 14.5 Å². The molecule has 2 aliphatic rings. The molecule has 0 radical (unpaired) electrons. The summed E-state index contributed by atoms with van der Waals surface area (Å²) in [6.07, 6.45) is 2.45. The SMILES string of the molecule is COc1cccc2c1[C@H](O)[C@@H](N1C(=O)c3ccccc3C1=O)C=C2. The average Bonchev–Trinajstić information content (AvgIpc) is 2.87. The first kappa shape index (κ1) is 14.7. The lowest BCUT2D eigenvalue weighted by atomic mass is 9.89. The number of hydrogen-bond acceptors (Lipinski definition) is 4. The molecule has 1 aliphatic carbocycles. The van der Waals surface area contributed by atoms with E-state index in [9.17, 15) is 14.7 Å². The van der Waals surface area contributed by atoms with E-state index in [2.05, 4.69) is 0 Å². The molecule has 1 N–H and O–H groups in total. The van der Waals surface area contributed by atoms with Crippen molar-refractivity contribution in [3.8, 4) is 5.75 Å². The Morgan fingerprint density at radius 2 is 1.67 bits per heavy atom. The molecule has 24 heavy (non-hydrogen) atoms. The number of methoxy groups -OCH3 is 1. The molecule has 2 aromatic carbocycles. The molecule has 2 atom stereocenters. The summed E-state index contributed by atoms with van der Waals surface area (Å²) in [5, 5.41) is 10.8. The quantitative estimate of drug-likeness (QED) is 0.863. The number of ether oxygens (including phenoxy) is 1. The molecule has 0 aromatic heterocycles. The van der Waals surface area contributed by atoms with Crippen LogP contribution in [-0.2, 0) is 0 Å². The molecule has 0 saturated heterocycles. The van der Waals surface area contributed by atoms with E-state index in [0.29, 0.717) is 22.4 Å². The number of hydrogen-bond donors (Lipinski definition) is 1. The van der Waals surface area contributed by atoms with Crippen molar-refractivity contribution in [1.82, 2.24) is 4.90 Å². The van der Waals surface area contributed by atoms with Crippen molar-refractivity contribution < 1.29 is 19.4 Å². The summed E-state index contributed by atoms with van der Waals surface area (Å²) < 4.78 is 5.33. The molecule has 5 heteroatoms. The fourth-order valence-corrected chi connectivity index (χ4v) is 3.39. The molecule has 0 unspecified atom stereocenters. The van der Waals surface area contributed by atoms with Crippen LogP contribution in [0.15, 0.2) is 48.5 Å². The first-order chi connectivity index (χ1) is 11.6. The van der Waals surface area contributed by atoms with Crippen LogP contribution in [0, 0.1) is 0 Å². The van der Waals surface area contributed by atoms with E-state index in [1.165, 1.54) is 7.11 Å². The van der Waals surface area contributed by atoms with E-state index in [1.807, 2.05) is 12.1 Å². The molecule has 2 amide bonds. The number of fused-ring (bicyclic) bond motifs is 2. The minimum absolute atomic E-state index is 0.369. The third kappa shape index (κ3) is 1.91. The van der Waals surface area contributed by atoms with E-state index in [4.69, 9.17) is 4.74 Å². The second kappa shape index (κ2) is 5.32. The van der Waals surface area contributed by atoms with Gasteiger partial charge in [-0.2, -0.15) is 0 Å². The van der Waals surface area contributed by atoms with E-state index >= 15 is 0 Å². The van der Waals surface area contributed by atoms with Crippen LogP contribution in [0.2, 0.25) is 0 Å². The highest BCUT2D eigenvalue weighted by Crippen LogP contribution is 2.39. The zero-order valence-corrected chi connectivity index (χ0v) is 13.0. The van der Waals surface area contributed by atoms with E-state index in [0.717, 1.165) is 10.5 Å². The Morgan fingerprint density at radius 1 is 1.00 bits per heavy atom. The highest BCUT2D eigenvalue weighted by molar-refractivity contribution is 6.21. The van der Waals surface area contributed by atoms with Crippen LogP contribution in [0.4, 0.5) is 0 Å². The smallest absolute Gasteiger partial charge is 0.262 e. The number of nitrogens with zero attached hydrogens (tertiary/aromatic N) is 1. The monoisotopic (exact) mass is 321 g/mol. The third-order valence-electron chi connectivity index (χ3n) is 4.54. The Labute approximate surface area is 138 Å². The van der Waals surface area contributed by atoms with Gasteiger partial charge < -0.3 is 9.84 Å². The molecule has 0 spiro atoms. The maximum Gasteiger partial charge on any atom is 0.262 e. The molecule has 0 bridgehead atoms. The van der Waals surface area contributed by atoms with Gasteiger partial charge in [0.15, 0.2) is 0 Å². The molecule has 2 aromatic rings. The molecule has 0 fully saturated rings. The van der Waals surface area contributed by atoms with Crippen molar-refractivity contribution in [2.75, 3.05) is 7.11 Å². The van der Waals surface area contributed by atoms with Crippen LogP contribution < -0.4 is 4.74 Å². The van der Waals surface area contributed by atoms with Crippen LogP contribution in [0.25, 0.3) is 6.08 Å². The predicted molar refractivity (Wildman–Crippen MR) is 87.7 cm³/mol. The van der Waals surface area contributed by atoms with Gasteiger partial charge in [0.2, 0.25) is 0 Å². The third-order valence-corrected chi connectivity index (χ3v) is 4.54. The summed E-state index contributed by atoms with van der Waals surface area (Å²) in [5.74, 6) is -0.240. The summed E-state index contributed by atoms with van der Waals surface area (Å²) in [6.45, 7) is 0. The normalized spacial score (nSPS) is 21.7. The van der Waals surface area contributed by atoms with Gasteiger partial charge >= 0.3 is 0 Å². The topological polar surface area (TPSA) is 66.8 Å².